The molecule has 1 aromatic carbocycles. The van der Waals surface area contributed by atoms with Crippen molar-refractivity contribution in [1.82, 2.24) is 10.2 Å². The number of halogens is 3. The summed E-state index contributed by atoms with van der Waals surface area (Å²) >= 11 is 0. The zero-order valence-corrected chi connectivity index (χ0v) is 13.1. The van der Waals surface area contributed by atoms with Gasteiger partial charge in [-0.15, -0.1) is 23.4 Å². The van der Waals surface area contributed by atoms with Crippen molar-refractivity contribution < 1.29 is 22.7 Å². The lowest BCUT2D eigenvalue weighted by Gasteiger charge is -2.15. The van der Waals surface area contributed by atoms with Crippen LogP contribution in [0, 0.1) is 0 Å². The zero-order valence-electron chi connectivity index (χ0n) is 13.1. The number of benzene rings is 1. The first-order chi connectivity index (χ1) is 11.9. The molecule has 0 spiro atoms. The van der Waals surface area contributed by atoms with Crippen LogP contribution < -0.4 is 15.0 Å². The number of hydrogen-bond acceptors (Lipinski definition) is 5. The first-order valence-corrected chi connectivity index (χ1v) is 7.66. The Morgan fingerprint density at radius 2 is 1.88 bits per heavy atom. The van der Waals surface area contributed by atoms with Gasteiger partial charge in [-0.05, 0) is 37.1 Å². The number of rotatable bonds is 4. The predicted molar refractivity (Wildman–Crippen MR) is 84.6 cm³/mol. The van der Waals surface area contributed by atoms with Crippen molar-refractivity contribution in [2.24, 2.45) is 0 Å². The molecular formula is C16H15F3N4O2. The van der Waals surface area contributed by atoms with Crippen molar-refractivity contribution >= 4 is 17.4 Å². The molecule has 132 valence electrons. The van der Waals surface area contributed by atoms with Gasteiger partial charge in [0.15, 0.2) is 11.5 Å². The summed E-state index contributed by atoms with van der Waals surface area (Å²) in [6.45, 7) is 1.82. The van der Waals surface area contributed by atoms with Gasteiger partial charge >= 0.3 is 6.36 Å². The van der Waals surface area contributed by atoms with Gasteiger partial charge in [-0.1, -0.05) is 6.07 Å². The van der Waals surface area contributed by atoms with Gasteiger partial charge in [-0.25, -0.2) is 0 Å². The van der Waals surface area contributed by atoms with E-state index in [9.17, 15) is 18.0 Å². The van der Waals surface area contributed by atoms with Gasteiger partial charge in [0.2, 0.25) is 0 Å². The highest BCUT2D eigenvalue weighted by atomic mass is 19.4. The number of aromatic nitrogens is 2. The number of hydrogen-bond donors (Lipinski definition) is 1. The molecule has 0 saturated carbocycles. The number of amides is 1. The summed E-state index contributed by atoms with van der Waals surface area (Å²) in [5, 5.41) is 10.4. The molecule has 9 heteroatoms. The minimum Gasteiger partial charge on any atom is -0.406 e. The largest absolute Gasteiger partial charge is 0.573 e. The lowest BCUT2D eigenvalue weighted by atomic mass is 10.3. The summed E-state index contributed by atoms with van der Waals surface area (Å²) in [7, 11) is 0. The quantitative estimate of drug-likeness (QED) is 0.915. The SMILES string of the molecule is O=C(Nc1cccc(OC(F)(F)F)c1)c1ccc(N2CCCC2)nn1. The summed E-state index contributed by atoms with van der Waals surface area (Å²) in [5.41, 5.74) is 0.238. The molecule has 1 fully saturated rings. The molecule has 0 unspecified atom stereocenters. The molecule has 0 bridgehead atoms. The van der Waals surface area contributed by atoms with E-state index in [0.29, 0.717) is 5.82 Å². The number of anilines is 2. The Kier molecular flexibility index (Phi) is 4.73. The lowest BCUT2D eigenvalue weighted by Crippen LogP contribution is -2.21. The minimum absolute atomic E-state index is 0.0742. The number of nitrogens with zero attached hydrogens (tertiary/aromatic N) is 3. The van der Waals surface area contributed by atoms with Crippen LogP contribution in [0.2, 0.25) is 0 Å². The van der Waals surface area contributed by atoms with Crippen LogP contribution in [0.15, 0.2) is 36.4 Å². The van der Waals surface area contributed by atoms with Crippen LogP contribution in [0.5, 0.6) is 5.75 Å². The zero-order chi connectivity index (χ0) is 17.9. The van der Waals surface area contributed by atoms with Crippen LogP contribution in [0.1, 0.15) is 23.3 Å². The van der Waals surface area contributed by atoms with E-state index >= 15 is 0 Å². The van der Waals surface area contributed by atoms with Crippen LogP contribution >= 0.6 is 0 Å². The maximum absolute atomic E-state index is 12.2. The number of carbonyl (C=O) groups is 1. The van der Waals surface area contributed by atoms with Gasteiger partial charge in [-0.2, -0.15) is 0 Å². The van der Waals surface area contributed by atoms with E-state index in [-0.39, 0.29) is 11.4 Å². The molecule has 0 aliphatic carbocycles. The van der Waals surface area contributed by atoms with E-state index in [1.165, 1.54) is 18.2 Å². The summed E-state index contributed by atoms with van der Waals surface area (Å²) in [6.07, 6.45) is -2.60. The highest BCUT2D eigenvalue weighted by Crippen LogP contribution is 2.25. The fraction of sp³-hybridized carbons (Fsp3) is 0.312. The molecule has 1 aromatic heterocycles. The molecule has 1 aliphatic rings. The van der Waals surface area contributed by atoms with Crippen molar-refractivity contribution in [3.63, 3.8) is 0 Å². The van der Waals surface area contributed by atoms with Crippen molar-refractivity contribution in [1.29, 1.82) is 0 Å². The fourth-order valence-corrected chi connectivity index (χ4v) is 2.53. The van der Waals surface area contributed by atoms with Gasteiger partial charge in [-0.3, -0.25) is 4.79 Å². The molecule has 2 aromatic rings. The van der Waals surface area contributed by atoms with Gasteiger partial charge in [0, 0.05) is 24.8 Å². The van der Waals surface area contributed by atoms with E-state index in [4.69, 9.17) is 0 Å². The Morgan fingerprint density at radius 3 is 2.52 bits per heavy atom. The summed E-state index contributed by atoms with van der Waals surface area (Å²) in [6, 6.07) is 8.26. The first-order valence-electron chi connectivity index (χ1n) is 7.66. The predicted octanol–water partition coefficient (Wildman–Crippen LogP) is 3.23. The van der Waals surface area contributed by atoms with E-state index in [1.807, 2.05) is 0 Å². The number of ether oxygens (including phenoxy) is 1. The molecule has 2 heterocycles. The van der Waals surface area contributed by atoms with Gasteiger partial charge in [0.05, 0.1) is 0 Å². The molecule has 0 radical (unpaired) electrons. The van der Waals surface area contributed by atoms with Gasteiger partial charge in [0.1, 0.15) is 5.75 Å². The molecular weight excluding hydrogens is 337 g/mol. The highest BCUT2D eigenvalue weighted by Gasteiger charge is 2.31. The molecule has 6 nitrogen and oxygen atoms in total. The normalized spacial score (nSPS) is 14.4. The highest BCUT2D eigenvalue weighted by molar-refractivity contribution is 6.02. The molecule has 3 rings (SSSR count). The molecule has 1 aliphatic heterocycles. The Morgan fingerprint density at radius 1 is 1.12 bits per heavy atom. The maximum Gasteiger partial charge on any atom is 0.573 e. The fourth-order valence-electron chi connectivity index (χ4n) is 2.53. The number of alkyl halides is 3. The summed E-state index contributed by atoms with van der Waals surface area (Å²) in [5.74, 6) is -0.278. The second-order valence-corrected chi connectivity index (χ2v) is 5.50. The Labute approximate surface area is 141 Å². The second kappa shape index (κ2) is 6.96. The topological polar surface area (TPSA) is 67.3 Å². The standard InChI is InChI=1S/C16H15F3N4O2/c17-16(18,19)25-12-5-3-4-11(10-12)20-15(24)13-6-7-14(22-21-13)23-8-1-2-9-23/h3-7,10H,1-2,8-9H2,(H,20,24). The van der Waals surface area contributed by atoms with Crippen LogP contribution in [-0.4, -0.2) is 35.6 Å². The van der Waals surface area contributed by atoms with Crippen molar-refractivity contribution in [3.8, 4) is 5.75 Å². The van der Waals surface area contributed by atoms with E-state index in [2.05, 4.69) is 25.2 Å². The smallest absolute Gasteiger partial charge is 0.406 e. The molecule has 0 atom stereocenters. The monoisotopic (exact) mass is 352 g/mol. The Hall–Kier alpha value is -2.84. The Balaban J connectivity index is 1.66. The lowest BCUT2D eigenvalue weighted by molar-refractivity contribution is -0.274. The number of nitrogens with one attached hydrogen (secondary N) is 1. The third kappa shape index (κ3) is 4.59. The molecule has 1 amide bonds. The molecule has 25 heavy (non-hydrogen) atoms. The maximum atomic E-state index is 12.2. The summed E-state index contributed by atoms with van der Waals surface area (Å²) < 4.78 is 40.5. The van der Waals surface area contributed by atoms with E-state index in [1.54, 1.807) is 6.07 Å². The average Bonchev–Trinajstić information content (AvgIpc) is 3.08. The third-order valence-electron chi connectivity index (χ3n) is 3.64. The van der Waals surface area contributed by atoms with Crippen molar-refractivity contribution in [3.05, 3.63) is 42.1 Å². The van der Waals surface area contributed by atoms with Gasteiger partial charge < -0.3 is 15.0 Å². The van der Waals surface area contributed by atoms with E-state index < -0.39 is 18.0 Å². The number of carbonyl (C=O) groups excluding carboxylic acids is 1. The van der Waals surface area contributed by atoms with Crippen LogP contribution in [-0.2, 0) is 0 Å². The summed E-state index contributed by atoms with van der Waals surface area (Å²) in [4.78, 5) is 14.2. The first kappa shape index (κ1) is 17.0. The minimum atomic E-state index is -4.79. The molecule has 1 N–H and O–H groups in total. The van der Waals surface area contributed by atoms with Crippen molar-refractivity contribution in [2.75, 3.05) is 23.3 Å². The van der Waals surface area contributed by atoms with E-state index in [0.717, 1.165) is 38.1 Å². The second-order valence-electron chi connectivity index (χ2n) is 5.50. The van der Waals surface area contributed by atoms with Gasteiger partial charge in [0.25, 0.3) is 5.91 Å². The van der Waals surface area contributed by atoms with Crippen LogP contribution in [0.3, 0.4) is 0 Å². The van der Waals surface area contributed by atoms with Crippen LogP contribution in [0.25, 0.3) is 0 Å². The average molecular weight is 352 g/mol. The van der Waals surface area contributed by atoms with Crippen molar-refractivity contribution in [2.45, 2.75) is 19.2 Å². The van der Waals surface area contributed by atoms with Crippen LogP contribution in [0.4, 0.5) is 24.7 Å². The Bertz CT molecular complexity index is 744. The molecule has 1 saturated heterocycles. The third-order valence-corrected chi connectivity index (χ3v) is 3.64.